The van der Waals surface area contributed by atoms with Gasteiger partial charge in [0.15, 0.2) is 5.84 Å². The molecule has 2 amide bonds. The molecule has 1 aromatic carbocycles. The SMILES string of the molecule is CC(=O)Nc1ccc(Br)cc1NC(=O)C1=CC=CN2CCS(=O)(=O)N=C12. The number of carbonyl (C=O) groups excluding carboxylic acids is 2. The van der Waals surface area contributed by atoms with Crippen molar-refractivity contribution in [2.24, 2.45) is 4.40 Å². The molecule has 0 fully saturated rings. The molecular formula is C16H15BrN4O4S. The molecule has 8 nitrogen and oxygen atoms in total. The number of hydrogen-bond donors (Lipinski definition) is 2. The molecule has 10 heteroatoms. The summed E-state index contributed by atoms with van der Waals surface area (Å²) in [5.41, 5.74) is 0.932. The standard InChI is InChI=1S/C16H15BrN4O4S/c1-10(22)18-13-5-4-11(17)9-14(13)19-16(23)12-3-2-6-21-7-8-26(24,25)20-15(12)21/h2-6,9H,7-8H2,1H3,(H,18,22)(H,19,23). The minimum Gasteiger partial charge on any atom is -0.331 e. The fourth-order valence-electron chi connectivity index (χ4n) is 2.50. The van der Waals surface area contributed by atoms with E-state index >= 15 is 0 Å². The first-order valence-electron chi connectivity index (χ1n) is 7.62. The number of carbonyl (C=O) groups is 2. The molecule has 0 atom stereocenters. The lowest BCUT2D eigenvalue weighted by atomic mass is 10.1. The second-order valence-electron chi connectivity index (χ2n) is 5.64. The summed E-state index contributed by atoms with van der Waals surface area (Å²) in [5, 5.41) is 5.33. The number of anilines is 2. The number of rotatable bonds is 3. The zero-order valence-electron chi connectivity index (χ0n) is 13.7. The predicted molar refractivity (Wildman–Crippen MR) is 102 cm³/mol. The Balaban J connectivity index is 1.92. The van der Waals surface area contributed by atoms with Crippen LogP contribution in [0.3, 0.4) is 0 Å². The normalized spacial score (nSPS) is 17.7. The van der Waals surface area contributed by atoms with E-state index in [1.807, 2.05) is 0 Å². The van der Waals surface area contributed by atoms with Crippen LogP contribution in [-0.4, -0.2) is 43.3 Å². The average molecular weight is 439 g/mol. The molecule has 0 saturated carbocycles. The molecule has 0 saturated heterocycles. The topological polar surface area (TPSA) is 108 Å². The molecule has 2 aliphatic heterocycles. The Morgan fingerprint density at radius 2 is 2.00 bits per heavy atom. The summed E-state index contributed by atoms with van der Waals surface area (Å²) in [5.74, 6) is -0.822. The van der Waals surface area contributed by atoms with Gasteiger partial charge in [0.05, 0.1) is 22.7 Å². The molecule has 0 aliphatic carbocycles. The molecule has 0 radical (unpaired) electrons. The van der Waals surface area contributed by atoms with Crippen LogP contribution in [0.2, 0.25) is 0 Å². The molecule has 0 aromatic heterocycles. The van der Waals surface area contributed by atoms with Crippen LogP contribution in [0.25, 0.3) is 0 Å². The van der Waals surface area contributed by atoms with Crippen molar-refractivity contribution in [1.29, 1.82) is 0 Å². The zero-order chi connectivity index (χ0) is 18.9. The number of halogens is 1. The quantitative estimate of drug-likeness (QED) is 0.748. The van der Waals surface area contributed by atoms with E-state index in [0.29, 0.717) is 15.8 Å². The van der Waals surface area contributed by atoms with E-state index in [1.54, 1.807) is 35.4 Å². The Morgan fingerprint density at radius 1 is 1.23 bits per heavy atom. The maximum atomic E-state index is 12.7. The maximum absolute atomic E-state index is 12.7. The second-order valence-corrected chi connectivity index (χ2v) is 8.31. The Hall–Kier alpha value is -2.46. The average Bonchev–Trinajstić information content (AvgIpc) is 2.55. The lowest BCUT2D eigenvalue weighted by Crippen LogP contribution is -2.40. The highest BCUT2D eigenvalue weighted by Crippen LogP contribution is 2.27. The molecule has 26 heavy (non-hydrogen) atoms. The number of allylic oxidation sites excluding steroid dienone is 2. The summed E-state index contributed by atoms with van der Waals surface area (Å²) >= 11 is 3.32. The van der Waals surface area contributed by atoms with E-state index in [9.17, 15) is 18.0 Å². The van der Waals surface area contributed by atoms with Crippen molar-refractivity contribution in [2.45, 2.75) is 6.92 Å². The molecule has 0 bridgehead atoms. The third kappa shape index (κ3) is 4.02. The van der Waals surface area contributed by atoms with Crippen LogP contribution in [0.5, 0.6) is 0 Å². The molecule has 2 N–H and O–H groups in total. The van der Waals surface area contributed by atoms with Gasteiger partial charge in [0, 0.05) is 24.1 Å². The van der Waals surface area contributed by atoms with Crippen molar-refractivity contribution in [3.8, 4) is 0 Å². The monoisotopic (exact) mass is 438 g/mol. The summed E-state index contributed by atoms with van der Waals surface area (Å²) in [6.07, 6.45) is 4.83. The molecule has 136 valence electrons. The smallest absolute Gasteiger partial charge is 0.259 e. The van der Waals surface area contributed by atoms with Gasteiger partial charge in [-0.25, -0.2) is 8.42 Å². The Bertz CT molecular complexity index is 982. The van der Waals surface area contributed by atoms with E-state index in [0.717, 1.165) is 0 Å². The van der Waals surface area contributed by atoms with Gasteiger partial charge >= 0.3 is 0 Å². The number of amidine groups is 1. The summed E-state index contributed by atoms with van der Waals surface area (Å²) in [6, 6.07) is 5.01. The van der Waals surface area contributed by atoms with Crippen LogP contribution in [-0.2, 0) is 19.6 Å². The molecule has 3 rings (SSSR count). The van der Waals surface area contributed by atoms with Crippen molar-refractivity contribution in [2.75, 3.05) is 22.9 Å². The summed E-state index contributed by atoms with van der Waals surface area (Å²) in [7, 11) is -3.60. The lowest BCUT2D eigenvalue weighted by molar-refractivity contribution is -0.114. The third-order valence-corrected chi connectivity index (χ3v) is 5.29. The van der Waals surface area contributed by atoms with Crippen LogP contribution in [0.15, 0.2) is 51.0 Å². The summed E-state index contributed by atoms with van der Waals surface area (Å²) in [4.78, 5) is 25.7. The zero-order valence-corrected chi connectivity index (χ0v) is 16.1. The number of hydrogen-bond acceptors (Lipinski definition) is 5. The molecular weight excluding hydrogens is 424 g/mol. The van der Waals surface area contributed by atoms with E-state index in [-0.39, 0.29) is 29.6 Å². The Morgan fingerprint density at radius 3 is 2.73 bits per heavy atom. The first kappa shape index (κ1) is 18.3. The predicted octanol–water partition coefficient (Wildman–Crippen LogP) is 1.84. The van der Waals surface area contributed by atoms with Crippen molar-refractivity contribution < 1.29 is 18.0 Å². The number of nitrogens with one attached hydrogen (secondary N) is 2. The maximum Gasteiger partial charge on any atom is 0.259 e. The van der Waals surface area contributed by atoms with Crippen LogP contribution < -0.4 is 10.6 Å². The van der Waals surface area contributed by atoms with Crippen molar-refractivity contribution in [3.05, 3.63) is 46.6 Å². The fourth-order valence-corrected chi connectivity index (χ4v) is 3.85. The number of fused-ring (bicyclic) bond motifs is 1. The van der Waals surface area contributed by atoms with Crippen molar-refractivity contribution >= 4 is 55.0 Å². The lowest BCUT2D eigenvalue weighted by Gasteiger charge is -2.28. The van der Waals surface area contributed by atoms with Crippen molar-refractivity contribution in [1.82, 2.24) is 4.90 Å². The van der Waals surface area contributed by atoms with E-state index < -0.39 is 15.9 Å². The van der Waals surface area contributed by atoms with Crippen LogP contribution in [0.1, 0.15) is 6.92 Å². The third-order valence-electron chi connectivity index (χ3n) is 3.64. The van der Waals surface area contributed by atoms with Gasteiger partial charge in [-0.1, -0.05) is 15.9 Å². The number of benzene rings is 1. The van der Waals surface area contributed by atoms with Gasteiger partial charge in [0.1, 0.15) is 0 Å². The highest BCUT2D eigenvalue weighted by molar-refractivity contribution is 9.10. The van der Waals surface area contributed by atoms with Crippen LogP contribution in [0, 0.1) is 0 Å². The van der Waals surface area contributed by atoms with Gasteiger partial charge < -0.3 is 15.5 Å². The minimum absolute atomic E-state index is 0.0901. The summed E-state index contributed by atoms with van der Waals surface area (Å²) < 4.78 is 28.0. The Labute approximate surface area is 158 Å². The Kier molecular flexibility index (Phi) is 4.97. The van der Waals surface area contributed by atoms with Gasteiger partial charge in [-0.05, 0) is 30.4 Å². The summed E-state index contributed by atoms with van der Waals surface area (Å²) in [6.45, 7) is 1.60. The van der Waals surface area contributed by atoms with Crippen molar-refractivity contribution in [3.63, 3.8) is 0 Å². The first-order chi connectivity index (χ1) is 12.2. The van der Waals surface area contributed by atoms with Gasteiger partial charge in [0.25, 0.3) is 15.9 Å². The molecule has 2 heterocycles. The highest BCUT2D eigenvalue weighted by atomic mass is 79.9. The van der Waals surface area contributed by atoms with E-state index in [1.165, 1.54) is 13.0 Å². The van der Waals surface area contributed by atoms with E-state index in [2.05, 4.69) is 31.0 Å². The van der Waals surface area contributed by atoms with E-state index in [4.69, 9.17) is 0 Å². The molecule has 0 unspecified atom stereocenters. The second kappa shape index (κ2) is 7.04. The van der Waals surface area contributed by atoms with Gasteiger partial charge in [0.2, 0.25) is 5.91 Å². The van der Waals surface area contributed by atoms with Crippen LogP contribution >= 0.6 is 15.9 Å². The van der Waals surface area contributed by atoms with Gasteiger partial charge in [-0.15, -0.1) is 4.40 Å². The molecule has 0 spiro atoms. The molecule has 2 aliphatic rings. The fraction of sp³-hybridized carbons (Fsp3) is 0.188. The number of amides is 2. The van der Waals surface area contributed by atoms with Gasteiger partial charge in [-0.2, -0.15) is 0 Å². The first-order valence-corrected chi connectivity index (χ1v) is 10.0. The number of nitrogens with zero attached hydrogens (tertiary/aromatic N) is 2. The van der Waals surface area contributed by atoms with Gasteiger partial charge in [-0.3, -0.25) is 9.59 Å². The molecule has 1 aromatic rings. The van der Waals surface area contributed by atoms with Crippen LogP contribution in [0.4, 0.5) is 11.4 Å². The minimum atomic E-state index is -3.60. The number of sulfonamides is 1. The largest absolute Gasteiger partial charge is 0.331 e. The highest BCUT2D eigenvalue weighted by Gasteiger charge is 2.30.